The number of urea groups is 1. The predicted octanol–water partition coefficient (Wildman–Crippen LogP) is 3.47. The molecule has 1 aromatic heterocycles. The minimum atomic E-state index is -0.691. The van der Waals surface area contributed by atoms with E-state index >= 15 is 0 Å². The minimum absolute atomic E-state index is 0.0282. The zero-order chi connectivity index (χ0) is 27.8. The lowest BCUT2D eigenvalue weighted by Gasteiger charge is -2.58. The molecule has 2 aliphatic carbocycles. The van der Waals surface area contributed by atoms with Crippen molar-refractivity contribution in [2.75, 3.05) is 45.3 Å². The second-order valence-electron chi connectivity index (χ2n) is 11.8. The van der Waals surface area contributed by atoms with E-state index in [1.165, 1.54) is 11.3 Å². The van der Waals surface area contributed by atoms with Crippen LogP contribution in [0.2, 0.25) is 0 Å². The summed E-state index contributed by atoms with van der Waals surface area (Å²) in [5, 5.41) is 25.0. The number of aromatic nitrogens is 1. The molecule has 3 N–H and O–H groups in total. The minimum Gasteiger partial charge on any atom is -0.396 e. The Bertz CT molecular complexity index is 1190. The van der Waals surface area contributed by atoms with E-state index in [0.29, 0.717) is 50.8 Å². The maximum atomic E-state index is 13.6. The third kappa shape index (κ3) is 5.31. The average Bonchev–Trinajstić information content (AvgIpc) is 3.35. The summed E-state index contributed by atoms with van der Waals surface area (Å²) in [6, 6.07) is 9.73. The largest absolute Gasteiger partial charge is 0.396 e. The van der Waals surface area contributed by atoms with Crippen LogP contribution in [-0.2, 0) is 22.5 Å². The molecule has 5 atom stereocenters. The fraction of sp³-hybridized carbons (Fsp3) is 0.621. The number of ether oxygens (including phenoxy) is 1. The first-order valence-electron chi connectivity index (χ1n) is 13.9. The number of hydrogen-bond donors (Lipinski definition) is 3. The van der Waals surface area contributed by atoms with Crippen molar-refractivity contribution in [3.05, 3.63) is 46.5 Å². The van der Waals surface area contributed by atoms with Gasteiger partial charge in [-0.3, -0.25) is 10.1 Å². The van der Waals surface area contributed by atoms with E-state index in [1.54, 1.807) is 9.80 Å². The summed E-state index contributed by atoms with van der Waals surface area (Å²) in [5.74, 6) is -0.201. The zero-order valence-electron chi connectivity index (χ0n) is 23.1. The van der Waals surface area contributed by atoms with Crippen molar-refractivity contribution in [2.24, 2.45) is 16.7 Å². The highest BCUT2D eigenvalue weighted by Gasteiger charge is 2.59. The molecule has 10 heteroatoms. The van der Waals surface area contributed by atoms with Gasteiger partial charge in [0.05, 0.1) is 31.6 Å². The highest BCUT2D eigenvalue weighted by Crippen LogP contribution is 2.62. The van der Waals surface area contributed by atoms with Gasteiger partial charge >= 0.3 is 6.03 Å². The fourth-order valence-corrected chi connectivity index (χ4v) is 7.97. The molecule has 2 heterocycles. The Balaban J connectivity index is 1.45. The summed E-state index contributed by atoms with van der Waals surface area (Å²) < 4.78 is 5.37. The molecule has 1 saturated carbocycles. The van der Waals surface area contributed by atoms with Crippen LogP contribution in [0, 0.1) is 16.7 Å². The lowest BCUT2D eigenvalue weighted by Crippen LogP contribution is -2.57. The summed E-state index contributed by atoms with van der Waals surface area (Å²) >= 11 is 1.45. The van der Waals surface area contributed by atoms with E-state index in [2.05, 4.69) is 12.2 Å². The first kappa shape index (κ1) is 28.0. The molecule has 9 nitrogen and oxygen atoms in total. The second-order valence-corrected chi connectivity index (χ2v) is 12.9. The van der Waals surface area contributed by atoms with Gasteiger partial charge in [0.15, 0.2) is 5.13 Å². The van der Waals surface area contributed by atoms with Crippen LogP contribution in [0.3, 0.4) is 0 Å². The summed E-state index contributed by atoms with van der Waals surface area (Å²) in [7, 11) is 1.83. The molecule has 2 aromatic rings. The Morgan fingerprint density at radius 1 is 1.23 bits per heavy atom. The van der Waals surface area contributed by atoms with Crippen LogP contribution < -0.4 is 5.32 Å². The Labute approximate surface area is 234 Å². The Morgan fingerprint density at radius 3 is 2.64 bits per heavy atom. The lowest BCUT2D eigenvalue weighted by molar-refractivity contribution is -0.147. The van der Waals surface area contributed by atoms with E-state index in [9.17, 15) is 19.8 Å². The van der Waals surface area contributed by atoms with Gasteiger partial charge in [-0.05, 0) is 36.2 Å². The number of anilines is 1. The number of thiazole rings is 1. The van der Waals surface area contributed by atoms with E-state index < -0.39 is 11.5 Å². The predicted molar refractivity (Wildman–Crippen MR) is 150 cm³/mol. The van der Waals surface area contributed by atoms with Crippen LogP contribution in [0.5, 0.6) is 0 Å². The monoisotopic (exact) mass is 556 g/mol. The van der Waals surface area contributed by atoms with Crippen LogP contribution in [0.15, 0.2) is 30.3 Å². The molecular weight excluding hydrogens is 516 g/mol. The molecule has 1 saturated heterocycles. The first-order valence-corrected chi connectivity index (χ1v) is 14.7. The smallest absolute Gasteiger partial charge is 0.323 e. The first-order chi connectivity index (χ1) is 18.7. The molecule has 39 heavy (non-hydrogen) atoms. The van der Waals surface area contributed by atoms with Crippen LogP contribution in [0.1, 0.15) is 55.2 Å². The van der Waals surface area contributed by atoms with Crippen LogP contribution >= 0.6 is 11.3 Å². The Kier molecular flexibility index (Phi) is 8.01. The average molecular weight is 557 g/mol. The van der Waals surface area contributed by atoms with Crippen LogP contribution in [0.4, 0.5) is 9.93 Å². The second kappa shape index (κ2) is 11.2. The number of morpholine rings is 1. The molecule has 0 spiro atoms. The number of amides is 3. The SMILES string of the molecule is CN(Cc1ccccc1)C(=O)CC1c2nc(NC(=O)N3CCOCC3)sc2CC2C(C)(CO)C(O)CCC12C. The number of nitrogens with zero attached hydrogens (tertiary/aromatic N) is 3. The molecular formula is C29H40N4O5S. The van der Waals surface area contributed by atoms with Crippen LogP contribution in [-0.4, -0.2) is 83.0 Å². The van der Waals surface area contributed by atoms with Gasteiger partial charge in [0.1, 0.15) is 0 Å². The molecule has 5 rings (SSSR count). The number of aliphatic hydroxyl groups is 2. The van der Waals surface area contributed by atoms with Gasteiger partial charge in [-0.15, -0.1) is 11.3 Å². The topological polar surface area (TPSA) is 115 Å². The number of rotatable bonds is 6. The van der Waals surface area contributed by atoms with Gasteiger partial charge in [0.25, 0.3) is 0 Å². The van der Waals surface area contributed by atoms with Gasteiger partial charge in [-0.1, -0.05) is 44.2 Å². The van der Waals surface area contributed by atoms with Crippen LogP contribution in [0.25, 0.3) is 0 Å². The van der Waals surface area contributed by atoms with Gasteiger partial charge in [-0.2, -0.15) is 0 Å². The zero-order valence-corrected chi connectivity index (χ0v) is 23.9. The Hall–Kier alpha value is -2.53. The van der Waals surface area contributed by atoms with E-state index in [1.807, 2.05) is 44.3 Å². The quantitative estimate of drug-likeness (QED) is 0.502. The molecule has 2 fully saturated rings. The molecule has 1 aromatic carbocycles. The number of hydrogen-bond acceptors (Lipinski definition) is 7. The Morgan fingerprint density at radius 2 is 1.95 bits per heavy atom. The molecule has 212 valence electrons. The van der Waals surface area contributed by atoms with E-state index in [4.69, 9.17) is 9.72 Å². The van der Waals surface area contributed by atoms with Gasteiger partial charge in [-0.25, -0.2) is 9.78 Å². The highest BCUT2D eigenvalue weighted by molar-refractivity contribution is 7.15. The normalized spacial score (nSPS) is 30.3. The van der Waals surface area contributed by atoms with Crippen molar-refractivity contribution in [3.63, 3.8) is 0 Å². The maximum absolute atomic E-state index is 13.6. The molecule has 1 aliphatic heterocycles. The molecule has 3 aliphatic rings. The van der Waals surface area contributed by atoms with Crippen molar-refractivity contribution in [1.29, 1.82) is 0 Å². The number of fused-ring (bicyclic) bond motifs is 2. The summed E-state index contributed by atoms with van der Waals surface area (Å²) in [5.41, 5.74) is 0.904. The highest BCUT2D eigenvalue weighted by atomic mass is 32.1. The maximum Gasteiger partial charge on any atom is 0.323 e. The lowest BCUT2D eigenvalue weighted by atomic mass is 9.47. The van der Waals surface area contributed by atoms with Gasteiger partial charge < -0.3 is 24.7 Å². The number of benzene rings is 1. The van der Waals surface area contributed by atoms with Crippen molar-refractivity contribution in [2.45, 2.75) is 58.1 Å². The molecule has 5 unspecified atom stereocenters. The standard InChI is InChI=1S/C29H40N4O5S/c1-28-10-9-23(35)29(2,18-34)22(28)16-21-25(30-26(39-21)31-27(37)33-11-13-38-14-12-33)20(28)15-24(36)32(3)17-19-7-5-4-6-8-19/h4-8,20,22-23,34-35H,9-18H2,1-3H3,(H,30,31,37). The van der Waals surface area contributed by atoms with Crippen molar-refractivity contribution >= 4 is 28.4 Å². The number of aliphatic hydroxyl groups excluding tert-OH is 2. The molecule has 3 amide bonds. The summed E-state index contributed by atoms with van der Waals surface area (Å²) in [4.78, 5) is 36.0. The van der Waals surface area contributed by atoms with Crippen molar-refractivity contribution < 1.29 is 24.5 Å². The number of carbonyl (C=O) groups excluding carboxylic acids is 2. The van der Waals surface area contributed by atoms with Crippen molar-refractivity contribution in [1.82, 2.24) is 14.8 Å². The van der Waals surface area contributed by atoms with E-state index in [-0.39, 0.29) is 42.2 Å². The summed E-state index contributed by atoms with van der Waals surface area (Å²) in [6.07, 6.45) is 1.61. The van der Waals surface area contributed by atoms with Crippen molar-refractivity contribution in [3.8, 4) is 0 Å². The van der Waals surface area contributed by atoms with Gasteiger partial charge in [0.2, 0.25) is 5.91 Å². The number of carbonyl (C=O) groups is 2. The third-order valence-corrected chi connectivity index (χ3v) is 10.5. The number of nitrogens with one attached hydrogen (secondary N) is 1. The third-order valence-electron chi connectivity index (χ3n) is 9.47. The fourth-order valence-electron chi connectivity index (χ4n) is 6.91. The van der Waals surface area contributed by atoms with Gasteiger partial charge in [0, 0.05) is 49.3 Å². The summed E-state index contributed by atoms with van der Waals surface area (Å²) in [6.45, 7) is 6.66. The molecule has 0 bridgehead atoms. The molecule has 0 radical (unpaired) electrons. The van der Waals surface area contributed by atoms with E-state index in [0.717, 1.165) is 22.6 Å².